The van der Waals surface area contributed by atoms with Crippen molar-refractivity contribution in [3.8, 4) is 11.5 Å². The number of H-pyrrole nitrogens is 1. The summed E-state index contributed by atoms with van der Waals surface area (Å²) in [6.07, 6.45) is 2.34. The first-order valence-corrected chi connectivity index (χ1v) is 9.49. The third kappa shape index (κ3) is 3.68. The van der Waals surface area contributed by atoms with Gasteiger partial charge in [0.05, 0.1) is 0 Å². The number of carbonyl (C=O) groups is 1. The van der Waals surface area contributed by atoms with Gasteiger partial charge in [-0.05, 0) is 31.8 Å². The Hall–Kier alpha value is -2.99. The molecular weight excluding hydrogens is 354 g/mol. The minimum atomic E-state index is -0.132. The fraction of sp³-hybridized carbons (Fsp3) is 0.318. The van der Waals surface area contributed by atoms with E-state index in [1.54, 1.807) is 0 Å². The molecule has 2 aromatic carbocycles. The fourth-order valence-corrected chi connectivity index (χ4v) is 3.67. The predicted molar refractivity (Wildman–Crippen MR) is 109 cm³/mol. The number of hydrogen-bond acceptors (Lipinski definition) is 4. The lowest BCUT2D eigenvalue weighted by Crippen LogP contribution is -2.32. The van der Waals surface area contributed by atoms with Gasteiger partial charge in [-0.1, -0.05) is 30.3 Å². The Morgan fingerprint density at radius 2 is 2.00 bits per heavy atom. The van der Waals surface area contributed by atoms with Crippen molar-refractivity contribution in [3.05, 3.63) is 59.8 Å². The maximum Gasteiger partial charge on any atom is 0.231 e. The van der Waals surface area contributed by atoms with E-state index in [0.717, 1.165) is 40.1 Å². The number of aromatic amines is 1. The number of ether oxygens (including phenoxy) is 2. The van der Waals surface area contributed by atoms with Crippen LogP contribution in [0.3, 0.4) is 0 Å². The van der Waals surface area contributed by atoms with Gasteiger partial charge >= 0.3 is 0 Å². The maximum atomic E-state index is 12.7. The number of likely N-dealkylation sites (N-methyl/N-ethyl adjacent to an activating group) is 1. The summed E-state index contributed by atoms with van der Waals surface area (Å²) in [5.41, 5.74) is 3.12. The SMILES string of the molecule is CN(C)CCNC(=O)CC(c1cccc2c1OCO2)c1c[nH]c2ccccc12. The number of carbonyl (C=O) groups excluding carboxylic acids is 1. The monoisotopic (exact) mass is 379 g/mol. The highest BCUT2D eigenvalue weighted by atomic mass is 16.7. The van der Waals surface area contributed by atoms with Crippen molar-refractivity contribution in [2.45, 2.75) is 12.3 Å². The fourth-order valence-electron chi connectivity index (χ4n) is 3.67. The lowest BCUT2D eigenvalue weighted by molar-refractivity contribution is -0.121. The van der Waals surface area contributed by atoms with Crippen molar-refractivity contribution in [2.24, 2.45) is 0 Å². The minimum absolute atomic E-state index is 0.0219. The van der Waals surface area contributed by atoms with E-state index in [1.807, 2.05) is 61.6 Å². The van der Waals surface area contributed by atoms with Crippen LogP contribution in [0.15, 0.2) is 48.7 Å². The molecule has 6 heteroatoms. The number of amides is 1. The lowest BCUT2D eigenvalue weighted by Gasteiger charge is -2.19. The highest BCUT2D eigenvalue weighted by Crippen LogP contribution is 2.43. The van der Waals surface area contributed by atoms with E-state index >= 15 is 0 Å². The predicted octanol–water partition coefficient (Wildman–Crippen LogP) is 3.10. The minimum Gasteiger partial charge on any atom is -0.454 e. The standard InChI is InChI=1S/C22H25N3O3/c1-25(2)11-10-23-21(26)12-17(16-7-5-9-20-22(16)28-14-27-20)18-13-24-19-8-4-3-6-15(18)19/h3-9,13,17,24H,10-12,14H2,1-2H3,(H,23,26). The molecule has 0 aliphatic carbocycles. The van der Waals surface area contributed by atoms with Gasteiger partial charge in [0.1, 0.15) is 0 Å². The van der Waals surface area contributed by atoms with Gasteiger partial charge in [-0.3, -0.25) is 4.79 Å². The molecule has 2 heterocycles. The summed E-state index contributed by atoms with van der Waals surface area (Å²) in [4.78, 5) is 18.1. The molecule has 1 aliphatic rings. The number of hydrogen-bond donors (Lipinski definition) is 2. The van der Waals surface area contributed by atoms with Crippen LogP contribution < -0.4 is 14.8 Å². The first-order valence-electron chi connectivity index (χ1n) is 9.49. The van der Waals surface area contributed by atoms with Crippen LogP contribution in [0.1, 0.15) is 23.5 Å². The molecule has 0 bridgehead atoms. The summed E-state index contributed by atoms with van der Waals surface area (Å²) in [6, 6.07) is 14.0. The second kappa shape index (κ2) is 7.94. The molecule has 0 radical (unpaired) electrons. The van der Waals surface area contributed by atoms with Gasteiger partial charge < -0.3 is 24.7 Å². The average molecular weight is 379 g/mol. The molecule has 28 heavy (non-hydrogen) atoms. The Balaban J connectivity index is 1.68. The molecule has 1 aliphatic heterocycles. The van der Waals surface area contributed by atoms with Gasteiger partial charge in [-0.25, -0.2) is 0 Å². The first-order chi connectivity index (χ1) is 13.6. The second-order valence-corrected chi connectivity index (χ2v) is 7.28. The van der Waals surface area contributed by atoms with Crippen LogP contribution in [0.5, 0.6) is 11.5 Å². The van der Waals surface area contributed by atoms with Crippen LogP contribution in [0.2, 0.25) is 0 Å². The molecule has 1 aromatic heterocycles. The molecule has 0 fully saturated rings. The zero-order valence-electron chi connectivity index (χ0n) is 16.2. The molecule has 6 nitrogen and oxygen atoms in total. The van der Waals surface area contributed by atoms with E-state index in [9.17, 15) is 4.79 Å². The lowest BCUT2D eigenvalue weighted by atomic mass is 9.87. The summed E-state index contributed by atoms with van der Waals surface area (Å²) in [6.45, 7) is 1.64. The molecule has 0 saturated carbocycles. The molecule has 2 N–H and O–H groups in total. The van der Waals surface area contributed by atoms with E-state index in [2.05, 4.69) is 16.4 Å². The molecule has 1 atom stereocenters. The Morgan fingerprint density at radius 1 is 1.14 bits per heavy atom. The number of para-hydroxylation sites is 2. The Bertz CT molecular complexity index is 980. The van der Waals surface area contributed by atoms with Crippen molar-refractivity contribution >= 4 is 16.8 Å². The summed E-state index contributed by atoms with van der Waals surface area (Å²) in [7, 11) is 3.98. The molecule has 1 amide bonds. The highest BCUT2D eigenvalue weighted by Gasteiger charge is 2.28. The van der Waals surface area contributed by atoms with Crippen molar-refractivity contribution in [3.63, 3.8) is 0 Å². The third-order valence-electron chi connectivity index (χ3n) is 5.07. The molecular formula is C22H25N3O3. The Labute approximate surface area is 164 Å². The summed E-state index contributed by atoms with van der Waals surface area (Å²) in [5, 5.41) is 4.14. The molecule has 146 valence electrons. The quantitative estimate of drug-likeness (QED) is 0.662. The van der Waals surface area contributed by atoms with Crippen molar-refractivity contribution in [1.82, 2.24) is 15.2 Å². The van der Waals surface area contributed by atoms with Crippen molar-refractivity contribution < 1.29 is 14.3 Å². The normalized spacial score (nSPS) is 13.8. The number of nitrogens with one attached hydrogen (secondary N) is 2. The smallest absolute Gasteiger partial charge is 0.231 e. The zero-order valence-corrected chi connectivity index (χ0v) is 16.2. The number of aromatic nitrogens is 1. The van der Waals surface area contributed by atoms with Gasteiger partial charge in [0.25, 0.3) is 0 Å². The van der Waals surface area contributed by atoms with Gasteiger partial charge in [-0.15, -0.1) is 0 Å². The number of rotatable bonds is 7. The summed E-state index contributed by atoms with van der Waals surface area (Å²) in [5.74, 6) is 1.36. The van der Waals surface area contributed by atoms with Gasteiger partial charge in [-0.2, -0.15) is 0 Å². The molecule has 4 rings (SSSR count). The summed E-state index contributed by atoms with van der Waals surface area (Å²) < 4.78 is 11.3. The largest absolute Gasteiger partial charge is 0.454 e. The molecule has 1 unspecified atom stereocenters. The van der Waals surface area contributed by atoms with Crippen LogP contribution in [0, 0.1) is 0 Å². The van der Waals surface area contributed by atoms with E-state index in [-0.39, 0.29) is 18.6 Å². The van der Waals surface area contributed by atoms with E-state index in [0.29, 0.717) is 13.0 Å². The van der Waals surface area contributed by atoms with Crippen LogP contribution in [-0.4, -0.2) is 49.8 Å². The average Bonchev–Trinajstić information content (AvgIpc) is 3.32. The van der Waals surface area contributed by atoms with E-state index in [4.69, 9.17) is 9.47 Å². The maximum absolute atomic E-state index is 12.7. The summed E-state index contributed by atoms with van der Waals surface area (Å²) >= 11 is 0. The number of fused-ring (bicyclic) bond motifs is 2. The van der Waals surface area contributed by atoms with Crippen LogP contribution in [0.25, 0.3) is 10.9 Å². The van der Waals surface area contributed by atoms with Gasteiger partial charge in [0.15, 0.2) is 11.5 Å². The zero-order chi connectivity index (χ0) is 19.5. The molecule has 3 aromatic rings. The Kier molecular flexibility index (Phi) is 5.21. The topological polar surface area (TPSA) is 66.6 Å². The number of nitrogens with zero attached hydrogens (tertiary/aromatic N) is 1. The van der Waals surface area contributed by atoms with E-state index in [1.165, 1.54) is 0 Å². The second-order valence-electron chi connectivity index (χ2n) is 7.28. The van der Waals surface area contributed by atoms with Gasteiger partial charge in [0.2, 0.25) is 12.7 Å². The van der Waals surface area contributed by atoms with Gasteiger partial charge in [0, 0.05) is 48.1 Å². The molecule has 0 spiro atoms. The molecule has 0 saturated heterocycles. The third-order valence-corrected chi connectivity index (χ3v) is 5.07. The highest BCUT2D eigenvalue weighted by molar-refractivity contribution is 5.86. The first kappa shape index (κ1) is 18.4. The van der Waals surface area contributed by atoms with Crippen LogP contribution in [-0.2, 0) is 4.79 Å². The van der Waals surface area contributed by atoms with Crippen LogP contribution in [0.4, 0.5) is 0 Å². The Morgan fingerprint density at radius 3 is 2.86 bits per heavy atom. The van der Waals surface area contributed by atoms with Crippen molar-refractivity contribution in [1.29, 1.82) is 0 Å². The van der Waals surface area contributed by atoms with E-state index < -0.39 is 0 Å². The van der Waals surface area contributed by atoms with Crippen molar-refractivity contribution in [2.75, 3.05) is 34.0 Å². The van der Waals surface area contributed by atoms with Crippen LogP contribution >= 0.6 is 0 Å². The number of benzene rings is 2.